The van der Waals surface area contributed by atoms with Gasteiger partial charge < -0.3 is 0 Å². The highest BCUT2D eigenvalue weighted by atomic mass is 15.2. The Bertz CT molecular complexity index is 157. The predicted molar refractivity (Wildman–Crippen MR) is 88.8 cm³/mol. The molecule has 0 aliphatic carbocycles. The van der Waals surface area contributed by atoms with E-state index in [1.165, 1.54) is 57.8 Å². The average Bonchev–Trinajstić information content (AvgIpc) is 2.43. The third-order valence-electron chi connectivity index (χ3n) is 4.54. The second kappa shape index (κ2) is 11.8. The van der Waals surface area contributed by atoms with E-state index in [-0.39, 0.29) is 0 Å². The molecule has 0 aromatic heterocycles. The van der Waals surface area contributed by atoms with E-state index < -0.39 is 0 Å². The van der Waals surface area contributed by atoms with E-state index in [1.54, 1.807) is 0 Å². The van der Waals surface area contributed by atoms with Crippen LogP contribution in [0.15, 0.2) is 0 Å². The topological polar surface area (TPSA) is 3.24 Å². The summed E-state index contributed by atoms with van der Waals surface area (Å²) in [6.45, 7) is 14.1. The van der Waals surface area contributed by atoms with Gasteiger partial charge in [0.1, 0.15) is 0 Å². The van der Waals surface area contributed by atoms with Gasteiger partial charge in [-0.1, -0.05) is 60.8 Å². The Balaban J connectivity index is 5.04. The molecule has 0 fully saturated rings. The number of hydrogen-bond acceptors (Lipinski definition) is 1. The van der Waals surface area contributed by atoms with Gasteiger partial charge in [0.15, 0.2) is 0 Å². The lowest BCUT2D eigenvalue weighted by molar-refractivity contribution is 0.0537. The molecule has 0 heterocycles. The van der Waals surface area contributed by atoms with Crippen molar-refractivity contribution in [2.45, 2.75) is 117 Å². The van der Waals surface area contributed by atoms with E-state index >= 15 is 0 Å². The Labute approximate surface area is 123 Å². The van der Waals surface area contributed by atoms with Crippen molar-refractivity contribution in [1.29, 1.82) is 0 Å². The Hall–Kier alpha value is -0.0400. The molecule has 0 radical (unpaired) electrons. The van der Waals surface area contributed by atoms with Gasteiger partial charge in [0.25, 0.3) is 0 Å². The van der Waals surface area contributed by atoms with Crippen LogP contribution >= 0.6 is 0 Å². The fourth-order valence-corrected chi connectivity index (χ4v) is 3.59. The van der Waals surface area contributed by atoms with Gasteiger partial charge in [0, 0.05) is 18.1 Å². The van der Waals surface area contributed by atoms with Crippen LogP contribution in [0.4, 0.5) is 0 Å². The van der Waals surface area contributed by atoms with Crippen molar-refractivity contribution in [3.05, 3.63) is 0 Å². The van der Waals surface area contributed by atoms with Crippen molar-refractivity contribution in [2.75, 3.05) is 0 Å². The predicted octanol–water partition coefficient (Wildman–Crippen LogP) is 6.02. The highest BCUT2D eigenvalue weighted by molar-refractivity contribution is 4.83. The van der Waals surface area contributed by atoms with Gasteiger partial charge in [-0.25, -0.2) is 0 Å². The largest absolute Gasteiger partial charge is 0.295 e. The Morgan fingerprint density at radius 2 is 0.789 bits per heavy atom. The van der Waals surface area contributed by atoms with Gasteiger partial charge in [-0.15, -0.1) is 0 Å². The summed E-state index contributed by atoms with van der Waals surface area (Å²) in [7, 11) is 0. The Morgan fingerprint density at radius 3 is 0.947 bits per heavy atom. The molecule has 116 valence electrons. The molecule has 0 aromatic rings. The minimum Gasteiger partial charge on any atom is -0.295 e. The minimum absolute atomic E-state index is 0.804. The molecule has 0 saturated carbocycles. The number of hydrogen-bond donors (Lipinski definition) is 0. The summed E-state index contributed by atoms with van der Waals surface area (Å²) in [5.74, 6) is 0. The third kappa shape index (κ3) is 6.29. The fraction of sp³-hybridized carbons (Fsp3) is 1.00. The molecule has 0 saturated heterocycles. The first-order valence-corrected chi connectivity index (χ1v) is 8.97. The molecule has 1 heteroatoms. The van der Waals surface area contributed by atoms with Gasteiger partial charge in [0.05, 0.1) is 0 Å². The van der Waals surface area contributed by atoms with Gasteiger partial charge in [-0.2, -0.15) is 0 Å². The quantitative estimate of drug-likeness (QED) is 0.418. The Morgan fingerprint density at radius 1 is 0.526 bits per heavy atom. The SMILES string of the molecule is CCCC(CC)N(C(CC)CCC)C(CC)CCC. The molecule has 0 aliphatic rings. The molecule has 0 aromatic carbocycles. The van der Waals surface area contributed by atoms with Crippen molar-refractivity contribution in [3.8, 4) is 0 Å². The number of nitrogens with zero attached hydrogens (tertiary/aromatic N) is 1. The van der Waals surface area contributed by atoms with E-state index in [0.717, 1.165) is 18.1 Å². The highest BCUT2D eigenvalue weighted by Crippen LogP contribution is 2.26. The standard InChI is InChI=1S/C18H39N/c1-7-13-16(10-4)19(17(11-5)14-8-2)18(12-6)15-9-3/h16-18H,7-15H2,1-6H3. The van der Waals surface area contributed by atoms with Crippen LogP contribution in [0.5, 0.6) is 0 Å². The lowest BCUT2D eigenvalue weighted by Gasteiger charge is -2.43. The van der Waals surface area contributed by atoms with Gasteiger partial charge in [0.2, 0.25) is 0 Å². The monoisotopic (exact) mass is 269 g/mol. The lowest BCUT2D eigenvalue weighted by atomic mass is 9.95. The van der Waals surface area contributed by atoms with Crippen LogP contribution in [0.3, 0.4) is 0 Å². The molecule has 3 atom stereocenters. The van der Waals surface area contributed by atoms with Crippen LogP contribution in [0, 0.1) is 0 Å². The summed E-state index contributed by atoms with van der Waals surface area (Å²) in [4.78, 5) is 2.93. The molecule has 19 heavy (non-hydrogen) atoms. The lowest BCUT2D eigenvalue weighted by Crippen LogP contribution is -2.49. The van der Waals surface area contributed by atoms with Crippen molar-refractivity contribution in [2.24, 2.45) is 0 Å². The van der Waals surface area contributed by atoms with Crippen molar-refractivity contribution < 1.29 is 0 Å². The average molecular weight is 270 g/mol. The van der Waals surface area contributed by atoms with E-state index in [2.05, 4.69) is 46.4 Å². The smallest absolute Gasteiger partial charge is 0.00983 e. The van der Waals surface area contributed by atoms with Crippen molar-refractivity contribution >= 4 is 0 Å². The first-order valence-electron chi connectivity index (χ1n) is 8.97. The van der Waals surface area contributed by atoms with Crippen LogP contribution in [-0.4, -0.2) is 23.0 Å². The number of rotatable bonds is 12. The second-order valence-electron chi connectivity index (χ2n) is 6.00. The second-order valence-corrected chi connectivity index (χ2v) is 6.00. The summed E-state index contributed by atoms with van der Waals surface area (Å²) in [6, 6.07) is 2.41. The maximum Gasteiger partial charge on any atom is 0.00983 e. The zero-order valence-corrected chi connectivity index (χ0v) is 14.5. The molecule has 0 spiro atoms. The van der Waals surface area contributed by atoms with E-state index in [0.29, 0.717) is 0 Å². The summed E-state index contributed by atoms with van der Waals surface area (Å²) in [5, 5.41) is 0. The fourth-order valence-electron chi connectivity index (χ4n) is 3.59. The summed E-state index contributed by atoms with van der Waals surface area (Å²) < 4.78 is 0. The highest BCUT2D eigenvalue weighted by Gasteiger charge is 2.28. The summed E-state index contributed by atoms with van der Waals surface area (Å²) >= 11 is 0. The molecule has 0 amide bonds. The molecule has 0 aliphatic heterocycles. The zero-order chi connectivity index (χ0) is 14.7. The van der Waals surface area contributed by atoms with Gasteiger partial charge in [-0.3, -0.25) is 4.90 Å². The van der Waals surface area contributed by atoms with Crippen molar-refractivity contribution in [3.63, 3.8) is 0 Å². The van der Waals surface area contributed by atoms with E-state index in [9.17, 15) is 0 Å². The molecule has 0 bridgehead atoms. The molecular formula is C18H39N. The maximum atomic E-state index is 2.93. The van der Waals surface area contributed by atoms with Crippen LogP contribution < -0.4 is 0 Å². The Kier molecular flexibility index (Phi) is 11.7. The summed E-state index contributed by atoms with van der Waals surface area (Å²) in [5.41, 5.74) is 0. The van der Waals surface area contributed by atoms with Crippen LogP contribution in [0.2, 0.25) is 0 Å². The van der Waals surface area contributed by atoms with Gasteiger partial charge in [-0.05, 0) is 38.5 Å². The van der Waals surface area contributed by atoms with Crippen LogP contribution in [-0.2, 0) is 0 Å². The molecule has 0 rings (SSSR count). The van der Waals surface area contributed by atoms with Crippen LogP contribution in [0.25, 0.3) is 0 Å². The molecule has 1 nitrogen and oxygen atoms in total. The van der Waals surface area contributed by atoms with Gasteiger partial charge >= 0.3 is 0 Å². The summed E-state index contributed by atoms with van der Waals surface area (Å²) in [6.07, 6.45) is 12.0. The first kappa shape index (κ1) is 19.0. The van der Waals surface area contributed by atoms with Crippen molar-refractivity contribution in [1.82, 2.24) is 4.90 Å². The van der Waals surface area contributed by atoms with Crippen LogP contribution in [0.1, 0.15) is 99.3 Å². The molecular weight excluding hydrogens is 230 g/mol. The van der Waals surface area contributed by atoms with E-state index in [1.807, 2.05) is 0 Å². The van der Waals surface area contributed by atoms with E-state index in [4.69, 9.17) is 0 Å². The molecule has 3 unspecified atom stereocenters. The zero-order valence-electron chi connectivity index (χ0n) is 14.5. The first-order chi connectivity index (χ1) is 9.19. The normalized spacial score (nSPS) is 16.6. The minimum atomic E-state index is 0.804. The maximum absolute atomic E-state index is 2.93. The molecule has 0 N–H and O–H groups in total. The third-order valence-corrected chi connectivity index (χ3v) is 4.54.